The second kappa shape index (κ2) is 12.6. The van der Waals surface area contributed by atoms with Crippen LogP contribution in [0.2, 0.25) is 0 Å². The fourth-order valence-corrected chi connectivity index (χ4v) is 7.31. The lowest BCUT2D eigenvalue weighted by molar-refractivity contribution is -0.183. The number of nitrogens with zero attached hydrogens (tertiary/aromatic N) is 2. The summed E-state index contributed by atoms with van der Waals surface area (Å²) in [6, 6.07) is 13.1. The molecule has 220 valence electrons. The number of amides is 1. The second-order valence-electron chi connectivity index (χ2n) is 12.7. The van der Waals surface area contributed by atoms with E-state index < -0.39 is 24.2 Å². The molecular formula is C33H44N4O4. The molecule has 3 saturated carbocycles. The number of aromatic nitrogens is 1. The minimum atomic E-state index is -0.820. The zero-order valence-corrected chi connectivity index (χ0v) is 24.6. The minimum Gasteiger partial charge on any atom is -0.394 e. The number of hydrogen-bond donors (Lipinski definition) is 4. The van der Waals surface area contributed by atoms with E-state index in [1.54, 1.807) is 18.2 Å². The fourth-order valence-electron chi connectivity index (χ4n) is 7.31. The average molecular weight is 561 g/mol. The van der Waals surface area contributed by atoms with E-state index in [-0.39, 0.29) is 18.6 Å². The van der Waals surface area contributed by atoms with Gasteiger partial charge in [0.25, 0.3) is 0 Å². The Morgan fingerprint density at radius 1 is 1.24 bits per heavy atom. The van der Waals surface area contributed by atoms with Gasteiger partial charge in [-0.05, 0) is 72.8 Å². The minimum absolute atomic E-state index is 0.105. The van der Waals surface area contributed by atoms with Gasteiger partial charge in [0, 0.05) is 30.3 Å². The molecule has 8 nitrogen and oxygen atoms in total. The van der Waals surface area contributed by atoms with E-state index in [9.17, 15) is 15.0 Å². The molecule has 2 aromatic rings. The zero-order chi connectivity index (χ0) is 29.1. The number of hydrogen-bond acceptors (Lipinski definition) is 7. The van der Waals surface area contributed by atoms with Crippen molar-refractivity contribution >= 4 is 5.91 Å². The second-order valence-corrected chi connectivity index (χ2v) is 12.7. The molecule has 1 aromatic heterocycles. The summed E-state index contributed by atoms with van der Waals surface area (Å²) in [6.45, 7) is 9.86. The van der Waals surface area contributed by atoms with Crippen LogP contribution >= 0.6 is 0 Å². The Labute approximate surface area is 243 Å². The van der Waals surface area contributed by atoms with Gasteiger partial charge >= 0.3 is 0 Å². The Bertz CT molecular complexity index is 1260. The summed E-state index contributed by atoms with van der Waals surface area (Å²) < 4.78 is 0. The van der Waals surface area contributed by atoms with Crippen molar-refractivity contribution in [3.63, 3.8) is 0 Å². The topological polar surface area (TPSA) is 107 Å². The monoisotopic (exact) mass is 560 g/mol. The van der Waals surface area contributed by atoms with Crippen LogP contribution in [-0.2, 0) is 22.7 Å². The third kappa shape index (κ3) is 6.35. The molecule has 0 spiro atoms. The molecule has 0 unspecified atom stereocenters. The van der Waals surface area contributed by atoms with E-state index in [0.717, 1.165) is 23.2 Å². The number of benzene rings is 1. The van der Waals surface area contributed by atoms with Crippen molar-refractivity contribution in [3.05, 3.63) is 65.5 Å². The van der Waals surface area contributed by atoms with E-state index in [0.29, 0.717) is 42.8 Å². The lowest BCUT2D eigenvalue weighted by atomic mass is 9.45. The molecule has 4 N–H and O–H groups in total. The van der Waals surface area contributed by atoms with E-state index in [4.69, 9.17) is 4.84 Å². The number of aliphatic hydroxyl groups excluding tert-OH is 2. The SMILES string of the molecule is C[C@@H]1[C@@H](NC(=O)[C@@H]2[C@H]([C@H](C)O)[C@H](CO)ON2Cc2cccc(C#CCNCc3ccccn3)c2)C[C@H]2C[C@H]1C2(C)C. The van der Waals surface area contributed by atoms with Crippen LogP contribution in [0.25, 0.3) is 0 Å². The van der Waals surface area contributed by atoms with Gasteiger partial charge in [-0.25, -0.2) is 0 Å². The molecule has 4 fully saturated rings. The molecule has 2 heterocycles. The normalized spacial score (nSPS) is 31.0. The molecule has 1 aromatic carbocycles. The molecule has 0 radical (unpaired) electrons. The van der Waals surface area contributed by atoms with E-state index in [2.05, 4.69) is 48.2 Å². The molecule has 8 atom stereocenters. The van der Waals surface area contributed by atoms with Gasteiger partial charge in [-0.15, -0.1) is 0 Å². The highest BCUT2D eigenvalue weighted by Crippen LogP contribution is 2.61. The molecular weight excluding hydrogens is 516 g/mol. The Hall–Kier alpha value is -2.80. The molecule has 1 saturated heterocycles. The Kier molecular flexibility index (Phi) is 9.12. The maximum absolute atomic E-state index is 13.8. The highest BCUT2D eigenvalue weighted by molar-refractivity contribution is 5.82. The standard InChI is InChI=1S/C33H44N4O4/c1-21-27-16-25(33(27,3)4)17-28(21)36-32(40)31-30(22(2)39)29(20-38)41-37(31)19-24-10-7-9-23(15-24)11-8-13-34-18-26-12-5-6-14-35-26/h5-7,9-10,12,14-15,21-22,25,27-31,34,38-39H,13,16-20H2,1-4H3,(H,36,40)/t21-,22-,25+,27+,28-,29-,30+,31-/m0/s1. The number of nitrogens with one attached hydrogen (secondary N) is 2. The van der Waals surface area contributed by atoms with Gasteiger partial charge in [-0.2, -0.15) is 5.06 Å². The quantitative estimate of drug-likeness (QED) is 0.276. The smallest absolute Gasteiger partial charge is 0.240 e. The van der Waals surface area contributed by atoms with Gasteiger partial charge < -0.3 is 20.8 Å². The summed E-state index contributed by atoms with van der Waals surface area (Å²) in [4.78, 5) is 24.2. The molecule has 6 rings (SSSR count). The molecule has 2 bridgehead atoms. The summed E-state index contributed by atoms with van der Waals surface area (Å²) in [5.41, 5.74) is 3.10. The molecule has 4 aliphatic rings. The Morgan fingerprint density at radius 3 is 2.76 bits per heavy atom. The Morgan fingerprint density at radius 2 is 2.07 bits per heavy atom. The van der Waals surface area contributed by atoms with E-state index >= 15 is 0 Å². The van der Waals surface area contributed by atoms with Gasteiger partial charge in [-0.3, -0.25) is 14.6 Å². The van der Waals surface area contributed by atoms with Crippen molar-refractivity contribution in [2.45, 2.75) is 77.9 Å². The first-order valence-corrected chi connectivity index (χ1v) is 14.9. The third-order valence-corrected chi connectivity index (χ3v) is 9.81. The van der Waals surface area contributed by atoms with Crippen LogP contribution in [-0.4, -0.2) is 63.6 Å². The first-order chi connectivity index (χ1) is 19.7. The molecule has 41 heavy (non-hydrogen) atoms. The van der Waals surface area contributed by atoms with Crippen molar-refractivity contribution in [1.29, 1.82) is 0 Å². The van der Waals surface area contributed by atoms with Gasteiger partial charge in [0.15, 0.2) is 0 Å². The van der Waals surface area contributed by atoms with Gasteiger partial charge in [0.2, 0.25) is 5.91 Å². The zero-order valence-electron chi connectivity index (χ0n) is 24.6. The Balaban J connectivity index is 1.25. The first kappa shape index (κ1) is 29.7. The van der Waals surface area contributed by atoms with Crippen LogP contribution in [0.3, 0.4) is 0 Å². The van der Waals surface area contributed by atoms with Crippen LogP contribution in [0, 0.1) is 40.9 Å². The van der Waals surface area contributed by atoms with Crippen LogP contribution in [0.5, 0.6) is 0 Å². The number of carbonyl (C=O) groups is 1. The van der Waals surface area contributed by atoms with Crippen LogP contribution in [0.4, 0.5) is 0 Å². The van der Waals surface area contributed by atoms with Crippen molar-refractivity contribution in [2.75, 3.05) is 13.2 Å². The predicted octanol–water partition coefficient (Wildman–Crippen LogP) is 2.88. The largest absolute Gasteiger partial charge is 0.394 e. The number of pyridine rings is 1. The van der Waals surface area contributed by atoms with Crippen LogP contribution < -0.4 is 10.6 Å². The van der Waals surface area contributed by atoms with Crippen molar-refractivity contribution in [1.82, 2.24) is 20.7 Å². The van der Waals surface area contributed by atoms with Crippen LogP contribution in [0.15, 0.2) is 48.7 Å². The van der Waals surface area contributed by atoms with Crippen LogP contribution in [0.1, 0.15) is 57.4 Å². The first-order valence-electron chi connectivity index (χ1n) is 14.9. The summed E-state index contributed by atoms with van der Waals surface area (Å²) in [6.07, 6.45) is 2.51. The third-order valence-electron chi connectivity index (χ3n) is 9.81. The number of carbonyl (C=O) groups excluding carboxylic acids is 1. The summed E-state index contributed by atoms with van der Waals surface area (Å²) in [5.74, 6) is 7.29. The van der Waals surface area contributed by atoms with Gasteiger partial charge in [0.1, 0.15) is 12.1 Å². The summed E-state index contributed by atoms with van der Waals surface area (Å²) in [7, 11) is 0. The number of fused-ring (bicyclic) bond motifs is 2. The van der Waals surface area contributed by atoms with Crippen molar-refractivity contribution < 1.29 is 19.8 Å². The van der Waals surface area contributed by atoms with Crippen molar-refractivity contribution in [2.24, 2.45) is 29.1 Å². The molecule has 1 amide bonds. The molecule has 1 aliphatic heterocycles. The predicted molar refractivity (Wildman–Crippen MR) is 157 cm³/mol. The molecule has 3 aliphatic carbocycles. The average Bonchev–Trinajstić information content (AvgIpc) is 3.33. The number of hydroxylamine groups is 2. The molecule has 8 heteroatoms. The number of aliphatic hydroxyl groups is 2. The van der Waals surface area contributed by atoms with Crippen molar-refractivity contribution in [3.8, 4) is 11.8 Å². The number of rotatable bonds is 9. The van der Waals surface area contributed by atoms with E-state index in [1.807, 2.05) is 42.5 Å². The lowest BCUT2D eigenvalue weighted by Gasteiger charge is -2.62. The highest BCUT2D eigenvalue weighted by Gasteiger charge is 2.57. The lowest BCUT2D eigenvalue weighted by Crippen LogP contribution is -2.62. The maximum atomic E-state index is 13.8. The summed E-state index contributed by atoms with van der Waals surface area (Å²) >= 11 is 0. The highest BCUT2D eigenvalue weighted by atomic mass is 16.7. The fraction of sp³-hybridized carbons (Fsp3) is 0.576. The van der Waals surface area contributed by atoms with Gasteiger partial charge in [0.05, 0.1) is 31.5 Å². The maximum Gasteiger partial charge on any atom is 0.240 e. The van der Waals surface area contributed by atoms with E-state index in [1.165, 1.54) is 6.42 Å². The van der Waals surface area contributed by atoms with Gasteiger partial charge in [-0.1, -0.05) is 50.8 Å². The summed E-state index contributed by atoms with van der Waals surface area (Å²) in [5, 5.41) is 29.0.